The van der Waals surface area contributed by atoms with Gasteiger partial charge in [0.25, 0.3) is 0 Å². The van der Waals surface area contributed by atoms with Crippen LogP contribution in [-0.4, -0.2) is 5.11 Å². The molecular formula is C11H9ClO2. The van der Waals surface area contributed by atoms with Crippen LogP contribution in [0.2, 0.25) is 5.02 Å². The molecule has 0 aliphatic carbocycles. The van der Waals surface area contributed by atoms with E-state index in [2.05, 4.69) is 6.58 Å². The van der Waals surface area contributed by atoms with Crippen LogP contribution in [0.5, 0.6) is 5.75 Å². The molecule has 2 nitrogen and oxygen atoms in total. The lowest BCUT2D eigenvalue weighted by Gasteiger charge is -2.17. The van der Waals surface area contributed by atoms with Crippen LogP contribution in [0.15, 0.2) is 30.5 Å². The second kappa shape index (κ2) is 3.07. The van der Waals surface area contributed by atoms with E-state index in [1.165, 1.54) is 6.08 Å². The summed E-state index contributed by atoms with van der Waals surface area (Å²) >= 11 is 5.93. The topological polar surface area (TPSA) is 29.5 Å². The lowest BCUT2D eigenvalue weighted by Crippen LogP contribution is -2.02. The third kappa shape index (κ3) is 1.38. The molecule has 2 rings (SSSR count). The minimum Gasteiger partial charge on any atom is -0.507 e. The smallest absolute Gasteiger partial charge is 0.138 e. The Bertz CT molecular complexity index is 447. The molecule has 14 heavy (non-hydrogen) atoms. The third-order valence-electron chi connectivity index (χ3n) is 2.08. The molecule has 0 saturated heterocycles. The zero-order chi connectivity index (χ0) is 10.3. The molecule has 0 atom stereocenters. The molecule has 3 heteroatoms. The average Bonchev–Trinajstić information content (AvgIpc) is 2.08. The lowest BCUT2D eigenvalue weighted by atomic mass is 10.1. The van der Waals surface area contributed by atoms with E-state index in [4.69, 9.17) is 16.3 Å². The molecule has 0 amide bonds. The van der Waals surface area contributed by atoms with Crippen molar-refractivity contribution in [1.29, 1.82) is 0 Å². The molecule has 1 aromatic carbocycles. The molecule has 0 fully saturated rings. The first-order valence-corrected chi connectivity index (χ1v) is 4.53. The Labute approximate surface area is 87.1 Å². The largest absolute Gasteiger partial charge is 0.507 e. The van der Waals surface area contributed by atoms with Crippen molar-refractivity contribution < 1.29 is 9.84 Å². The maximum Gasteiger partial charge on any atom is 0.138 e. The molecule has 0 saturated carbocycles. The third-order valence-corrected chi connectivity index (χ3v) is 2.48. The minimum atomic E-state index is 0.137. The fourth-order valence-electron chi connectivity index (χ4n) is 1.34. The molecule has 1 aromatic rings. The van der Waals surface area contributed by atoms with Crippen LogP contribution in [0.3, 0.4) is 0 Å². The van der Waals surface area contributed by atoms with E-state index >= 15 is 0 Å². The summed E-state index contributed by atoms with van der Waals surface area (Å²) in [6.45, 7) is 5.50. The highest BCUT2D eigenvalue weighted by Crippen LogP contribution is 2.35. The van der Waals surface area contributed by atoms with Gasteiger partial charge in [-0.15, -0.1) is 0 Å². The highest BCUT2D eigenvalue weighted by atomic mass is 35.5. The molecule has 0 unspecified atom stereocenters. The maximum absolute atomic E-state index is 9.61. The molecule has 1 N–H and O–H groups in total. The minimum absolute atomic E-state index is 0.137. The Hall–Kier alpha value is -1.41. The number of fused-ring (bicyclic) bond motifs is 1. The molecule has 0 bridgehead atoms. The van der Waals surface area contributed by atoms with Gasteiger partial charge in [-0.2, -0.15) is 0 Å². The molecule has 1 heterocycles. The van der Waals surface area contributed by atoms with Crippen molar-refractivity contribution >= 4 is 17.4 Å². The summed E-state index contributed by atoms with van der Waals surface area (Å²) in [6.07, 6.45) is 1.47. The van der Waals surface area contributed by atoms with Crippen molar-refractivity contribution in [2.45, 2.75) is 6.92 Å². The Morgan fingerprint density at radius 3 is 2.86 bits per heavy atom. The summed E-state index contributed by atoms with van der Waals surface area (Å²) in [6, 6.07) is 3.47. The van der Waals surface area contributed by atoms with E-state index in [0.29, 0.717) is 22.1 Å². The summed E-state index contributed by atoms with van der Waals surface area (Å²) in [7, 11) is 0. The molecule has 1 aliphatic heterocycles. The number of ether oxygens (including phenoxy) is 1. The standard InChI is InChI=1S/C11H9ClO2/c1-6-3-11-8(5-9(6)12)10(13)4-7(2)14-11/h3-5,13H,2H2,1H3. The van der Waals surface area contributed by atoms with Crippen LogP contribution in [0.25, 0.3) is 5.76 Å². The van der Waals surface area contributed by atoms with Crippen molar-refractivity contribution in [1.82, 2.24) is 0 Å². The Morgan fingerprint density at radius 2 is 2.14 bits per heavy atom. The fraction of sp³-hybridized carbons (Fsp3) is 0.0909. The zero-order valence-corrected chi connectivity index (χ0v) is 8.43. The Balaban J connectivity index is 2.64. The Kier molecular flexibility index (Phi) is 2.01. The maximum atomic E-state index is 9.61. The van der Waals surface area contributed by atoms with Gasteiger partial charge in [0, 0.05) is 11.1 Å². The highest BCUT2D eigenvalue weighted by Gasteiger charge is 2.16. The molecular weight excluding hydrogens is 200 g/mol. The predicted molar refractivity (Wildman–Crippen MR) is 56.6 cm³/mol. The van der Waals surface area contributed by atoms with Crippen molar-refractivity contribution in [3.05, 3.63) is 46.7 Å². The monoisotopic (exact) mass is 208 g/mol. The molecule has 72 valence electrons. The van der Waals surface area contributed by atoms with Crippen LogP contribution in [-0.2, 0) is 0 Å². The second-order valence-electron chi connectivity index (χ2n) is 3.20. The number of allylic oxidation sites excluding steroid dienone is 1. The van der Waals surface area contributed by atoms with Gasteiger partial charge in [-0.25, -0.2) is 0 Å². The van der Waals surface area contributed by atoms with Crippen LogP contribution in [0.4, 0.5) is 0 Å². The van der Waals surface area contributed by atoms with Gasteiger partial charge in [-0.05, 0) is 24.6 Å². The van der Waals surface area contributed by atoms with Gasteiger partial charge >= 0.3 is 0 Å². The second-order valence-corrected chi connectivity index (χ2v) is 3.60. The fourth-order valence-corrected chi connectivity index (χ4v) is 1.50. The van der Waals surface area contributed by atoms with Crippen molar-refractivity contribution in [2.75, 3.05) is 0 Å². The van der Waals surface area contributed by atoms with Gasteiger partial charge in [0.15, 0.2) is 0 Å². The van der Waals surface area contributed by atoms with E-state index < -0.39 is 0 Å². The molecule has 0 aromatic heterocycles. The summed E-state index contributed by atoms with van der Waals surface area (Å²) < 4.78 is 5.35. The van der Waals surface area contributed by atoms with Gasteiger partial charge in [-0.1, -0.05) is 18.2 Å². The SMILES string of the molecule is C=C1C=C(O)c2cc(Cl)c(C)cc2O1. The van der Waals surface area contributed by atoms with E-state index in [0.717, 1.165) is 5.56 Å². The lowest BCUT2D eigenvalue weighted by molar-refractivity contribution is 0.420. The van der Waals surface area contributed by atoms with Gasteiger partial charge < -0.3 is 9.84 Å². The van der Waals surface area contributed by atoms with Crippen molar-refractivity contribution in [3.8, 4) is 5.75 Å². The van der Waals surface area contributed by atoms with E-state index in [1.54, 1.807) is 12.1 Å². The van der Waals surface area contributed by atoms with E-state index in [9.17, 15) is 5.11 Å². The quantitative estimate of drug-likeness (QED) is 0.708. The zero-order valence-electron chi connectivity index (χ0n) is 7.67. The van der Waals surface area contributed by atoms with Gasteiger partial charge in [0.05, 0.1) is 5.56 Å². The molecule has 1 aliphatic rings. The van der Waals surface area contributed by atoms with Gasteiger partial charge in [-0.3, -0.25) is 0 Å². The van der Waals surface area contributed by atoms with Crippen LogP contribution < -0.4 is 4.74 Å². The number of hydrogen-bond acceptors (Lipinski definition) is 2. The van der Waals surface area contributed by atoms with Crippen LogP contribution >= 0.6 is 11.6 Å². The molecule has 0 radical (unpaired) electrons. The van der Waals surface area contributed by atoms with Crippen molar-refractivity contribution in [2.24, 2.45) is 0 Å². The summed E-state index contributed by atoms with van der Waals surface area (Å²) in [4.78, 5) is 0. The van der Waals surface area contributed by atoms with E-state index in [-0.39, 0.29) is 5.76 Å². The number of hydrogen-bond donors (Lipinski definition) is 1. The number of rotatable bonds is 0. The summed E-state index contributed by atoms with van der Waals surface area (Å²) in [5, 5.41) is 10.2. The highest BCUT2D eigenvalue weighted by molar-refractivity contribution is 6.31. The summed E-state index contributed by atoms with van der Waals surface area (Å²) in [5.74, 6) is 1.16. The van der Waals surface area contributed by atoms with Crippen LogP contribution in [0, 0.1) is 6.92 Å². The molecule has 0 spiro atoms. The van der Waals surface area contributed by atoms with E-state index in [1.807, 2.05) is 6.92 Å². The predicted octanol–water partition coefficient (Wildman–Crippen LogP) is 3.45. The number of halogens is 1. The first-order chi connectivity index (χ1) is 6.58. The first-order valence-electron chi connectivity index (χ1n) is 4.16. The van der Waals surface area contributed by atoms with Gasteiger partial charge in [0.1, 0.15) is 17.3 Å². The number of benzene rings is 1. The normalized spacial score (nSPS) is 14.4. The Morgan fingerprint density at radius 1 is 1.43 bits per heavy atom. The summed E-state index contributed by atoms with van der Waals surface area (Å²) in [5.41, 5.74) is 1.51. The number of aliphatic hydroxyl groups is 1. The van der Waals surface area contributed by atoms with Crippen LogP contribution in [0.1, 0.15) is 11.1 Å². The van der Waals surface area contributed by atoms with Gasteiger partial charge in [0.2, 0.25) is 0 Å². The first kappa shape index (κ1) is 9.16. The average molecular weight is 209 g/mol. The number of aliphatic hydroxyl groups excluding tert-OH is 1. The van der Waals surface area contributed by atoms with Crippen molar-refractivity contribution in [3.63, 3.8) is 0 Å². The number of aryl methyl sites for hydroxylation is 1.